The van der Waals surface area contributed by atoms with Gasteiger partial charge in [-0.3, -0.25) is 4.79 Å². The maximum atomic E-state index is 12.2. The van der Waals surface area contributed by atoms with E-state index in [9.17, 15) is 4.79 Å². The zero-order valence-electron chi connectivity index (χ0n) is 13.9. The van der Waals surface area contributed by atoms with Gasteiger partial charge in [0.15, 0.2) is 0 Å². The number of ether oxygens (including phenoxy) is 1. The summed E-state index contributed by atoms with van der Waals surface area (Å²) in [4.78, 5) is 16.5. The van der Waals surface area contributed by atoms with Crippen LogP contribution in [0.15, 0.2) is 72.9 Å². The second kappa shape index (κ2) is 7.97. The highest BCUT2D eigenvalue weighted by atomic mass is 16.5. The summed E-state index contributed by atoms with van der Waals surface area (Å²) in [7, 11) is 1.60. The number of amides is 1. The maximum absolute atomic E-state index is 12.2. The number of aromatic nitrogens is 1. The van der Waals surface area contributed by atoms with Gasteiger partial charge in [-0.15, -0.1) is 0 Å². The highest BCUT2D eigenvalue weighted by Crippen LogP contribution is 2.16. The molecule has 25 heavy (non-hydrogen) atoms. The molecule has 126 valence electrons. The van der Waals surface area contributed by atoms with Gasteiger partial charge in [0.25, 0.3) is 5.91 Å². The molecule has 0 fully saturated rings. The second-order valence-corrected chi connectivity index (χ2v) is 5.45. The van der Waals surface area contributed by atoms with Crippen molar-refractivity contribution in [1.82, 2.24) is 4.98 Å². The van der Waals surface area contributed by atoms with Crippen molar-refractivity contribution in [2.75, 3.05) is 17.7 Å². The predicted octanol–water partition coefficient (Wildman–Crippen LogP) is 3.95. The lowest BCUT2D eigenvalue weighted by atomic mass is 10.2. The van der Waals surface area contributed by atoms with E-state index in [-0.39, 0.29) is 5.91 Å². The summed E-state index contributed by atoms with van der Waals surface area (Å²) in [6.45, 7) is 0.708. The average molecular weight is 333 g/mol. The van der Waals surface area contributed by atoms with E-state index < -0.39 is 0 Å². The van der Waals surface area contributed by atoms with Gasteiger partial charge in [0.05, 0.1) is 19.0 Å². The van der Waals surface area contributed by atoms with E-state index in [1.165, 1.54) is 5.56 Å². The van der Waals surface area contributed by atoms with Crippen LogP contribution in [0.2, 0.25) is 0 Å². The Morgan fingerprint density at radius 2 is 1.68 bits per heavy atom. The normalized spacial score (nSPS) is 10.1. The number of nitrogens with one attached hydrogen (secondary N) is 2. The number of carbonyl (C=O) groups excluding carboxylic acids is 1. The standard InChI is InChI=1S/C20H19N3O2/c1-25-18-10-7-16(8-11-18)23-20(24)19-12-9-17(14-22-19)21-13-15-5-3-2-4-6-15/h2-12,14,21H,13H2,1H3,(H,23,24). The molecule has 1 heterocycles. The van der Waals surface area contributed by atoms with Gasteiger partial charge in [0.2, 0.25) is 0 Å². The number of hydrogen-bond acceptors (Lipinski definition) is 4. The largest absolute Gasteiger partial charge is 0.497 e. The van der Waals surface area contributed by atoms with Crippen molar-refractivity contribution >= 4 is 17.3 Å². The first-order valence-electron chi connectivity index (χ1n) is 7.94. The Kier molecular flexibility index (Phi) is 5.26. The molecule has 5 heteroatoms. The van der Waals surface area contributed by atoms with Crippen LogP contribution >= 0.6 is 0 Å². The Labute approximate surface area is 146 Å². The summed E-state index contributed by atoms with van der Waals surface area (Å²) in [5.41, 5.74) is 3.11. The molecule has 5 nitrogen and oxygen atoms in total. The van der Waals surface area contributed by atoms with E-state index in [4.69, 9.17) is 4.74 Å². The topological polar surface area (TPSA) is 63.2 Å². The van der Waals surface area contributed by atoms with E-state index in [0.717, 1.165) is 11.4 Å². The van der Waals surface area contributed by atoms with Crippen LogP contribution in [0.25, 0.3) is 0 Å². The molecule has 0 aliphatic carbocycles. The number of benzene rings is 2. The number of pyridine rings is 1. The van der Waals surface area contributed by atoms with Crippen LogP contribution in [-0.2, 0) is 6.54 Å². The average Bonchev–Trinajstić information content (AvgIpc) is 2.68. The molecule has 0 spiro atoms. The van der Waals surface area contributed by atoms with Gasteiger partial charge in [-0.2, -0.15) is 0 Å². The molecule has 2 aromatic carbocycles. The van der Waals surface area contributed by atoms with Gasteiger partial charge in [-0.05, 0) is 42.0 Å². The first kappa shape index (κ1) is 16.5. The van der Waals surface area contributed by atoms with E-state index >= 15 is 0 Å². The Hall–Kier alpha value is -3.34. The van der Waals surface area contributed by atoms with Gasteiger partial charge >= 0.3 is 0 Å². The molecular weight excluding hydrogens is 314 g/mol. The third-order valence-corrected chi connectivity index (χ3v) is 3.68. The minimum atomic E-state index is -0.250. The van der Waals surface area contributed by atoms with Crippen molar-refractivity contribution in [3.05, 3.63) is 84.2 Å². The molecule has 0 atom stereocenters. The molecule has 1 amide bonds. The van der Waals surface area contributed by atoms with E-state index in [2.05, 4.69) is 27.8 Å². The van der Waals surface area contributed by atoms with E-state index in [1.54, 1.807) is 43.6 Å². The zero-order valence-corrected chi connectivity index (χ0v) is 13.9. The molecule has 2 N–H and O–H groups in total. The van der Waals surface area contributed by atoms with Crippen molar-refractivity contribution in [1.29, 1.82) is 0 Å². The van der Waals surface area contributed by atoms with Crippen molar-refractivity contribution in [3.63, 3.8) is 0 Å². The molecule has 0 unspecified atom stereocenters. The van der Waals surface area contributed by atoms with Crippen LogP contribution in [0.5, 0.6) is 5.75 Å². The van der Waals surface area contributed by atoms with E-state index in [0.29, 0.717) is 17.9 Å². The number of carbonyl (C=O) groups is 1. The number of hydrogen-bond donors (Lipinski definition) is 2. The van der Waals surface area contributed by atoms with Crippen LogP contribution < -0.4 is 15.4 Å². The lowest BCUT2D eigenvalue weighted by Gasteiger charge is -2.08. The first-order valence-corrected chi connectivity index (χ1v) is 7.94. The molecule has 0 aliphatic heterocycles. The summed E-state index contributed by atoms with van der Waals surface area (Å²) >= 11 is 0. The van der Waals surface area contributed by atoms with Gasteiger partial charge in [0, 0.05) is 12.2 Å². The summed E-state index contributed by atoms with van der Waals surface area (Å²) in [6.07, 6.45) is 1.66. The summed E-state index contributed by atoms with van der Waals surface area (Å²) in [6, 6.07) is 20.8. The van der Waals surface area contributed by atoms with Gasteiger partial charge in [-0.25, -0.2) is 4.98 Å². The third-order valence-electron chi connectivity index (χ3n) is 3.68. The quantitative estimate of drug-likeness (QED) is 0.717. The molecule has 0 saturated heterocycles. The number of anilines is 2. The molecule has 3 aromatic rings. The Bertz CT molecular complexity index is 816. The fourth-order valence-electron chi connectivity index (χ4n) is 2.30. The SMILES string of the molecule is COc1ccc(NC(=O)c2ccc(NCc3ccccc3)cn2)cc1. The summed E-state index contributed by atoms with van der Waals surface area (Å²) in [5.74, 6) is 0.491. The molecule has 3 rings (SSSR count). The molecule has 1 aromatic heterocycles. The zero-order chi connectivity index (χ0) is 17.5. The highest BCUT2D eigenvalue weighted by molar-refractivity contribution is 6.02. The lowest BCUT2D eigenvalue weighted by molar-refractivity contribution is 0.102. The van der Waals surface area contributed by atoms with Gasteiger partial charge < -0.3 is 15.4 Å². The molecule has 0 saturated carbocycles. The Balaban J connectivity index is 1.58. The monoisotopic (exact) mass is 333 g/mol. The second-order valence-electron chi connectivity index (χ2n) is 5.45. The Morgan fingerprint density at radius 3 is 2.32 bits per heavy atom. The van der Waals surface area contributed by atoms with Crippen molar-refractivity contribution in [3.8, 4) is 5.75 Å². The van der Waals surface area contributed by atoms with Crippen molar-refractivity contribution < 1.29 is 9.53 Å². The third kappa shape index (κ3) is 4.57. The maximum Gasteiger partial charge on any atom is 0.274 e. The smallest absolute Gasteiger partial charge is 0.274 e. The number of rotatable bonds is 6. The first-order chi connectivity index (χ1) is 12.2. The minimum Gasteiger partial charge on any atom is -0.497 e. The van der Waals surface area contributed by atoms with Crippen LogP contribution in [0.4, 0.5) is 11.4 Å². The van der Waals surface area contributed by atoms with Crippen LogP contribution in [0.1, 0.15) is 16.1 Å². The molecule has 0 radical (unpaired) electrons. The summed E-state index contributed by atoms with van der Waals surface area (Å²) < 4.78 is 5.09. The summed E-state index contributed by atoms with van der Waals surface area (Å²) in [5, 5.41) is 6.09. The Morgan fingerprint density at radius 1 is 0.960 bits per heavy atom. The van der Waals surface area contributed by atoms with Crippen LogP contribution in [0.3, 0.4) is 0 Å². The van der Waals surface area contributed by atoms with Crippen LogP contribution in [0, 0.1) is 0 Å². The molecule has 0 aliphatic rings. The predicted molar refractivity (Wildman–Crippen MR) is 99.0 cm³/mol. The molecular formula is C20H19N3O2. The lowest BCUT2D eigenvalue weighted by Crippen LogP contribution is -2.13. The van der Waals surface area contributed by atoms with Crippen LogP contribution in [-0.4, -0.2) is 18.0 Å². The fraction of sp³-hybridized carbons (Fsp3) is 0.100. The van der Waals surface area contributed by atoms with Crippen molar-refractivity contribution in [2.24, 2.45) is 0 Å². The molecule has 0 bridgehead atoms. The number of methoxy groups -OCH3 is 1. The number of nitrogens with zero attached hydrogens (tertiary/aromatic N) is 1. The van der Waals surface area contributed by atoms with Crippen molar-refractivity contribution in [2.45, 2.75) is 6.54 Å². The highest BCUT2D eigenvalue weighted by Gasteiger charge is 2.07. The van der Waals surface area contributed by atoms with Gasteiger partial charge in [0.1, 0.15) is 11.4 Å². The minimum absolute atomic E-state index is 0.250. The van der Waals surface area contributed by atoms with Gasteiger partial charge in [-0.1, -0.05) is 30.3 Å². The van der Waals surface area contributed by atoms with E-state index in [1.807, 2.05) is 24.3 Å². The fourth-order valence-corrected chi connectivity index (χ4v) is 2.30.